The predicted molar refractivity (Wildman–Crippen MR) is 116 cm³/mol. The molecule has 0 spiro atoms. The molecule has 0 aromatic heterocycles. The Bertz CT molecular complexity index is 591. The van der Waals surface area contributed by atoms with E-state index >= 15 is 0 Å². The van der Waals surface area contributed by atoms with E-state index in [0.29, 0.717) is 18.2 Å². The highest BCUT2D eigenvalue weighted by Gasteiger charge is 2.36. The second-order valence-electron chi connectivity index (χ2n) is 7.82. The van der Waals surface area contributed by atoms with Crippen LogP contribution in [-0.4, -0.2) is 43.3 Å². The Morgan fingerprint density at radius 2 is 1.82 bits per heavy atom. The van der Waals surface area contributed by atoms with Gasteiger partial charge in [0.1, 0.15) is 11.9 Å². The van der Waals surface area contributed by atoms with Crippen LogP contribution in [0.4, 0.5) is 10.5 Å². The molecule has 4 rings (SSSR count). The number of nitrogens with one attached hydrogen (secondary N) is 1. The van der Waals surface area contributed by atoms with Crippen LogP contribution < -0.4 is 10.1 Å². The van der Waals surface area contributed by atoms with Gasteiger partial charge in [-0.25, -0.2) is 4.79 Å². The third-order valence-electron chi connectivity index (χ3n) is 5.73. The highest BCUT2D eigenvalue weighted by molar-refractivity contribution is 5.86. The number of rotatable bonds is 10. The van der Waals surface area contributed by atoms with Gasteiger partial charge in [0.05, 0.1) is 12.3 Å². The number of amides is 1. The molecule has 158 valence electrons. The Kier molecular flexibility index (Phi) is 9.93. The zero-order valence-electron chi connectivity index (χ0n) is 17.0. The molecule has 1 N–H and O–H groups in total. The van der Waals surface area contributed by atoms with Gasteiger partial charge < -0.3 is 9.47 Å². The molecule has 1 aromatic rings. The van der Waals surface area contributed by atoms with Crippen molar-refractivity contribution < 1.29 is 14.3 Å². The van der Waals surface area contributed by atoms with E-state index in [0.717, 1.165) is 44.6 Å². The fourth-order valence-corrected chi connectivity index (χ4v) is 4.08. The lowest BCUT2D eigenvalue weighted by Crippen LogP contribution is -2.52. The number of unbranched alkanes of at least 4 members (excludes halogenated alkanes) is 5. The molecule has 3 heterocycles. The number of piperidine rings is 3. The van der Waals surface area contributed by atoms with Crippen molar-refractivity contribution in [2.24, 2.45) is 5.92 Å². The molecule has 1 atom stereocenters. The topological polar surface area (TPSA) is 50.8 Å². The van der Waals surface area contributed by atoms with Crippen molar-refractivity contribution in [2.75, 3.05) is 31.6 Å². The van der Waals surface area contributed by atoms with Gasteiger partial charge in [0.15, 0.2) is 0 Å². The summed E-state index contributed by atoms with van der Waals surface area (Å²) in [5.74, 6) is 1.23. The van der Waals surface area contributed by atoms with Crippen LogP contribution in [0.1, 0.15) is 58.3 Å². The van der Waals surface area contributed by atoms with Gasteiger partial charge in [-0.15, -0.1) is 12.4 Å². The summed E-state index contributed by atoms with van der Waals surface area (Å²) >= 11 is 0. The van der Waals surface area contributed by atoms with Crippen LogP contribution in [0.15, 0.2) is 24.3 Å². The number of carbonyl (C=O) groups excluding carboxylic acids is 1. The molecule has 5 nitrogen and oxygen atoms in total. The van der Waals surface area contributed by atoms with Gasteiger partial charge in [-0.3, -0.25) is 10.2 Å². The zero-order chi connectivity index (χ0) is 18.9. The van der Waals surface area contributed by atoms with Crippen LogP contribution in [0.25, 0.3) is 0 Å². The number of carbonyl (C=O) groups is 1. The first kappa shape index (κ1) is 22.8. The third kappa shape index (κ3) is 6.85. The van der Waals surface area contributed by atoms with E-state index in [1.807, 2.05) is 24.3 Å². The Morgan fingerprint density at radius 3 is 2.54 bits per heavy atom. The first-order valence-electron chi connectivity index (χ1n) is 10.7. The number of anilines is 1. The molecule has 1 amide bonds. The van der Waals surface area contributed by atoms with E-state index in [1.165, 1.54) is 32.1 Å². The molecule has 28 heavy (non-hydrogen) atoms. The number of hydrogen-bond donors (Lipinski definition) is 1. The highest BCUT2D eigenvalue weighted by atomic mass is 35.5. The Morgan fingerprint density at radius 1 is 1.11 bits per heavy atom. The van der Waals surface area contributed by atoms with Crippen LogP contribution in [0.2, 0.25) is 0 Å². The van der Waals surface area contributed by atoms with Gasteiger partial charge in [0, 0.05) is 6.54 Å². The summed E-state index contributed by atoms with van der Waals surface area (Å²) < 4.78 is 11.6. The third-order valence-corrected chi connectivity index (χ3v) is 5.73. The molecule has 3 saturated heterocycles. The molecule has 0 radical (unpaired) electrons. The highest BCUT2D eigenvalue weighted by Crippen LogP contribution is 2.30. The molecule has 6 heteroatoms. The molecule has 3 aliphatic rings. The second kappa shape index (κ2) is 12.2. The predicted octanol–water partition coefficient (Wildman–Crippen LogP) is 5.49. The lowest BCUT2D eigenvalue weighted by Gasteiger charge is -2.43. The number of hydrogen-bond acceptors (Lipinski definition) is 4. The van der Waals surface area contributed by atoms with Gasteiger partial charge in [0.25, 0.3) is 0 Å². The molecular formula is C22H35ClN2O3. The Balaban J connectivity index is 0.00000280. The summed E-state index contributed by atoms with van der Waals surface area (Å²) in [6.45, 7) is 6.06. The quantitative estimate of drug-likeness (QED) is 0.518. The molecule has 3 fully saturated rings. The van der Waals surface area contributed by atoms with Gasteiger partial charge in [-0.2, -0.15) is 0 Å². The molecule has 3 aliphatic heterocycles. The average molecular weight is 411 g/mol. The van der Waals surface area contributed by atoms with Crippen LogP contribution in [0, 0.1) is 5.92 Å². The van der Waals surface area contributed by atoms with E-state index < -0.39 is 0 Å². The summed E-state index contributed by atoms with van der Waals surface area (Å²) in [5.41, 5.74) is 0.690. The van der Waals surface area contributed by atoms with E-state index in [-0.39, 0.29) is 24.6 Å². The SMILES string of the molecule is CCCCCCCCOc1ccccc1NC(=O)OC1CN2CCC1CC2.Cl. The van der Waals surface area contributed by atoms with E-state index in [9.17, 15) is 4.79 Å². The summed E-state index contributed by atoms with van der Waals surface area (Å²) in [4.78, 5) is 14.8. The fraction of sp³-hybridized carbons (Fsp3) is 0.682. The normalized spacial score (nSPS) is 23.0. The summed E-state index contributed by atoms with van der Waals surface area (Å²) in [5, 5.41) is 2.88. The van der Waals surface area contributed by atoms with E-state index in [1.54, 1.807) is 0 Å². The summed E-state index contributed by atoms with van der Waals surface area (Å²) in [6, 6.07) is 7.61. The average Bonchev–Trinajstić information content (AvgIpc) is 2.69. The van der Waals surface area contributed by atoms with Crippen molar-refractivity contribution in [2.45, 2.75) is 64.4 Å². The lowest BCUT2D eigenvalue weighted by atomic mass is 9.86. The molecule has 1 aromatic carbocycles. The van der Waals surface area contributed by atoms with Crippen molar-refractivity contribution in [1.29, 1.82) is 0 Å². The summed E-state index contributed by atoms with van der Waals surface area (Å²) in [7, 11) is 0. The first-order chi connectivity index (χ1) is 13.3. The van der Waals surface area contributed by atoms with Crippen molar-refractivity contribution in [3.63, 3.8) is 0 Å². The summed E-state index contributed by atoms with van der Waals surface area (Å²) in [6.07, 6.45) is 9.31. The lowest BCUT2D eigenvalue weighted by molar-refractivity contribution is -0.0290. The van der Waals surface area contributed by atoms with Gasteiger partial charge >= 0.3 is 6.09 Å². The van der Waals surface area contributed by atoms with Crippen LogP contribution in [0.3, 0.4) is 0 Å². The van der Waals surface area contributed by atoms with Crippen LogP contribution in [0.5, 0.6) is 5.75 Å². The smallest absolute Gasteiger partial charge is 0.412 e. The largest absolute Gasteiger partial charge is 0.491 e. The van der Waals surface area contributed by atoms with E-state index in [4.69, 9.17) is 9.47 Å². The monoisotopic (exact) mass is 410 g/mol. The Labute approximate surface area is 175 Å². The van der Waals surface area contributed by atoms with Crippen molar-refractivity contribution in [3.8, 4) is 5.75 Å². The standard InChI is InChI=1S/C22H34N2O3.ClH/c1-2-3-4-5-6-9-16-26-20-11-8-7-10-19(20)23-22(25)27-21-17-24-14-12-18(21)13-15-24;/h7-8,10-11,18,21H,2-6,9,12-17H2,1H3,(H,23,25);1H. The molecule has 0 aliphatic carbocycles. The number of nitrogens with zero attached hydrogens (tertiary/aromatic N) is 1. The fourth-order valence-electron chi connectivity index (χ4n) is 4.08. The maximum absolute atomic E-state index is 12.4. The minimum Gasteiger partial charge on any atom is -0.491 e. The van der Waals surface area contributed by atoms with Crippen molar-refractivity contribution in [3.05, 3.63) is 24.3 Å². The number of fused-ring (bicyclic) bond motifs is 3. The zero-order valence-corrected chi connectivity index (χ0v) is 17.8. The minimum atomic E-state index is -0.371. The van der Waals surface area contributed by atoms with Crippen LogP contribution in [-0.2, 0) is 4.74 Å². The number of ether oxygens (including phenoxy) is 2. The first-order valence-corrected chi connectivity index (χ1v) is 10.7. The Hall–Kier alpha value is -1.46. The van der Waals surface area contributed by atoms with Crippen molar-refractivity contribution >= 4 is 24.2 Å². The molecular weight excluding hydrogens is 376 g/mol. The number of benzene rings is 1. The maximum Gasteiger partial charge on any atom is 0.412 e. The second-order valence-corrected chi connectivity index (χ2v) is 7.82. The molecule has 2 bridgehead atoms. The maximum atomic E-state index is 12.4. The van der Waals surface area contributed by atoms with Gasteiger partial charge in [-0.1, -0.05) is 51.2 Å². The van der Waals surface area contributed by atoms with Crippen molar-refractivity contribution in [1.82, 2.24) is 4.90 Å². The van der Waals surface area contributed by atoms with Gasteiger partial charge in [-0.05, 0) is 50.4 Å². The van der Waals surface area contributed by atoms with E-state index in [2.05, 4.69) is 17.1 Å². The van der Waals surface area contributed by atoms with Gasteiger partial charge in [0.2, 0.25) is 0 Å². The van der Waals surface area contributed by atoms with Crippen LogP contribution >= 0.6 is 12.4 Å². The number of halogens is 1. The molecule has 1 unspecified atom stereocenters. The minimum absolute atomic E-state index is 0. The molecule has 0 saturated carbocycles. The number of para-hydroxylation sites is 2.